The molecule has 0 aliphatic rings. The summed E-state index contributed by atoms with van der Waals surface area (Å²) >= 11 is 0. The van der Waals surface area contributed by atoms with E-state index >= 15 is 0 Å². The Kier molecular flexibility index (Phi) is 10.7. The van der Waals surface area contributed by atoms with Crippen molar-refractivity contribution in [1.82, 2.24) is 30.9 Å². The zero-order chi connectivity index (χ0) is 30.8. The molecule has 0 aliphatic heterocycles. The maximum Gasteiger partial charge on any atom is 0.326 e. The number of H-pyrrole nitrogens is 2. The van der Waals surface area contributed by atoms with E-state index in [1.165, 1.54) is 12.5 Å². The highest BCUT2D eigenvalue weighted by atomic mass is 16.4. The molecule has 0 aliphatic carbocycles. The van der Waals surface area contributed by atoms with Gasteiger partial charge in [0.25, 0.3) is 0 Å². The average molecular weight is 584 g/mol. The number of hydrogen-bond acceptors (Lipinski definition) is 8. The number of nitrogens with one attached hydrogen (secondary N) is 5. The number of carboxylic acid groups (broad SMARTS) is 1. The van der Waals surface area contributed by atoms with Crippen LogP contribution in [0.25, 0.3) is 10.9 Å². The summed E-state index contributed by atoms with van der Waals surface area (Å²) in [6.07, 6.45) is 3.33. The van der Waals surface area contributed by atoms with Gasteiger partial charge in [0.05, 0.1) is 18.8 Å². The lowest BCUT2D eigenvalue weighted by atomic mass is 10.0. The van der Waals surface area contributed by atoms with Crippen LogP contribution in [0.1, 0.15) is 30.5 Å². The first-order valence-corrected chi connectivity index (χ1v) is 12.9. The summed E-state index contributed by atoms with van der Waals surface area (Å²) < 4.78 is 0. The topological polar surface area (TPSA) is 281 Å². The van der Waals surface area contributed by atoms with Gasteiger partial charge in [0.15, 0.2) is 0 Å². The number of carbonyl (C=O) groups is 6. The van der Waals surface area contributed by atoms with E-state index in [-0.39, 0.29) is 25.7 Å². The lowest BCUT2D eigenvalue weighted by molar-refractivity contribution is -0.144. The molecule has 0 spiro atoms. The van der Waals surface area contributed by atoms with E-state index in [9.17, 15) is 33.9 Å². The van der Waals surface area contributed by atoms with Crippen molar-refractivity contribution < 1.29 is 33.9 Å². The van der Waals surface area contributed by atoms with E-state index in [1.54, 1.807) is 6.20 Å². The van der Waals surface area contributed by atoms with Crippen LogP contribution in [0.3, 0.4) is 0 Å². The molecule has 12 N–H and O–H groups in total. The standard InChI is InChI=1S/C26H33N9O7/c27-16(7-13-10-31-17-4-2-1-3-15(13)17)23(38)34-19(8-14-11-30-12-32-14)25(40)33-18(5-6-21(28)36)24(39)35-20(26(41)42)9-22(29)37/h1-4,10-12,16,18-20,31H,5-9,27H2,(H2,28,36)(H2,29,37)(H,30,32)(H,33,40)(H,34,38)(H,35,39)(H,41,42). The van der Waals surface area contributed by atoms with Gasteiger partial charge < -0.3 is 48.2 Å². The van der Waals surface area contributed by atoms with Gasteiger partial charge in [-0.3, -0.25) is 24.0 Å². The third-order valence-electron chi connectivity index (χ3n) is 6.40. The Morgan fingerprint density at radius 1 is 0.857 bits per heavy atom. The van der Waals surface area contributed by atoms with E-state index < -0.39 is 66.1 Å². The van der Waals surface area contributed by atoms with Gasteiger partial charge in [-0.25, -0.2) is 9.78 Å². The highest BCUT2D eigenvalue weighted by Crippen LogP contribution is 2.19. The number of carbonyl (C=O) groups excluding carboxylic acids is 5. The summed E-state index contributed by atoms with van der Waals surface area (Å²) in [6, 6.07) is 2.07. The van der Waals surface area contributed by atoms with Gasteiger partial charge in [0.2, 0.25) is 29.5 Å². The Morgan fingerprint density at radius 2 is 1.52 bits per heavy atom. The number of imidazole rings is 1. The molecule has 5 amide bonds. The number of para-hydroxylation sites is 1. The molecule has 0 saturated carbocycles. The predicted molar refractivity (Wildman–Crippen MR) is 148 cm³/mol. The Hall–Kier alpha value is -5.25. The Balaban J connectivity index is 1.76. The van der Waals surface area contributed by atoms with Crippen molar-refractivity contribution in [2.75, 3.05) is 0 Å². The molecular formula is C26H33N9O7. The van der Waals surface area contributed by atoms with Crippen LogP contribution in [0.2, 0.25) is 0 Å². The number of aromatic nitrogens is 3. The van der Waals surface area contributed by atoms with E-state index in [2.05, 4.69) is 30.9 Å². The number of rotatable bonds is 16. The number of aliphatic carboxylic acids is 1. The molecule has 16 heteroatoms. The van der Waals surface area contributed by atoms with Crippen molar-refractivity contribution in [1.29, 1.82) is 0 Å². The van der Waals surface area contributed by atoms with Gasteiger partial charge in [-0.1, -0.05) is 18.2 Å². The van der Waals surface area contributed by atoms with E-state index in [0.717, 1.165) is 16.5 Å². The maximum absolute atomic E-state index is 13.4. The highest BCUT2D eigenvalue weighted by Gasteiger charge is 2.31. The van der Waals surface area contributed by atoms with Gasteiger partial charge >= 0.3 is 5.97 Å². The lowest BCUT2D eigenvalue weighted by Crippen LogP contribution is -2.58. The SMILES string of the molecule is NC(=O)CCC(NC(=O)C(Cc1cnc[nH]1)NC(=O)C(N)Cc1c[nH]c2ccccc12)C(=O)NC(CC(N)=O)C(=O)O. The highest BCUT2D eigenvalue weighted by molar-refractivity contribution is 5.95. The molecule has 0 saturated heterocycles. The Bertz CT molecular complexity index is 1440. The summed E-state index contributed by atoms with van der Waals surface area (Å²) in [7, 11) is 0. The van der Waals surface area contributed by atoms with E-state index in [0.29, 0.717) is 5.69 Å². The van der Waals surface area contributed by atoms with E-state index in [1.807, 2.05) is 24.3 Å². The fourth-order valence-electron chi connectivity index (χ4n) is 4.24. The van der Waals surface area contributed by atoms with Crippen LogP contribution in [0.15, 0.2) is 43.0 Å². The average Bonchev–Trinajstić information content (AvgIpc) is 3.59. The molecule has 42 heavy (non-hydrogen) atoms. The van der Waals surface area contributed by atoms with E-state index in [4.69, 9.17) is 17.2 Å². The minimum atomic E-state index is -1.68. The summed E-state index contributed by atoms with van der Waals surface area (Å²) in [5, 5.41) is 17.4. The molecule has 4 atom stereocenters. The first-order valence-electron chi connectivity index (χ1n) is 12.9. The zero-order valence-corrected chi connectivity index (χ0v) is 22.5. The van der Waals surface area contributed by atoms with Crippen molar-refractivity contribution in [2.45, 2.75) is 56.3 Å². The van der Waals surface area contributed by atoms with Crippen molar-refractivity contribution in [3.05, 3.63) is 54.2 Å². The molecule has 1 aromatic carbocycles. The van der Waals surface area contributed by atoms with Crippen LogP contribution >= 0.6 is 0 Å². The number of primary amides is 2. The molecule has 3 rings (SSSR count). The summed E-state index contributed by atoms with van der Waals surface area (Å²) in [5.74, 6) is -5.77. The van der Waals surface area contributed by atoms with Crippen LogP contribution in [-0.2, 0) is 41.6 Å². The molecular weight excluding hydrogens is 550 g/mol. The first-order chi connectivity index (χ1) is 19.9. The van der Waals surface area contributed by atoms with Crippen molar-refractivity contribution >= 4 is 46.4 Å². The fourth-order valence-corrected chi connectivity index (χ4v) is 4.24. The molecule has 2 aromatic heterocycles. The second-order valence-electron chi connectivity index (χ2n) is 9.65. The quantitative estimate of drug-likeness (QED) is 0.0874. The van der Waals surface area contributed by atoms with Crippen molar-refractivity contribution in [3.8, 4) is 0 Å². The minimum Gasteiger partial charge on any atom is -0.480 e. The number of nitrogens with zero attached hydrogens (tertiary/aromatic N) is 1. The van der Waals surface area contributed by atoms with Gasteiger partial charge in [0, 0.05) is 41.8 Å². The number of benzene rings is 1. The smallest absolute Gasteiger partial charge is 0.326 e. The second-order valence-corrected chi connectivity index (χ2v) is 9.65. The molecule has 3 aromatic rings. The third kappa shape index (κ3) is 8.88. The fraction of sp³-hybridized carbons (Fsp3) is 0.346. The van der Waals surface area contributed by atoms with Gasteiger partial charge in [-0.05, 0) is 24.5 Å². The summed E-state index contributed by atoms with van der Waals surface area (Å²) in [4.78, 5) is 83.4. The van der Waals surface area contributed by atoms with Gasteiger partial charge in [-0.15, -0.1) is 0 Å². The molecule has 16 nitrogen and oxygen atoms in total. The number of fused-ring (bicyclic) bond motifs is 1. The number of carboxylic acids is 1. The van der Waals surface area contributed by atoms with Crippen LogP contribution in [0.5, 0.6) is 0 Å². The molecule has 2 heterocycles. The van der Waals surface area contributed by atoms with Gasteiger partial charge in [0.1, 0.15) is 18.1 Å². The Morgan fingerprint density at radius 3 is 2.17 bits per heavy atom. The molecule has 0 radical (unpaired) electrons. The minimum absolute atomic E-state index is 0.0685. The second kappa shape index (κ2) is 14.4. The number of nitrogens with two attached hydrogens (primary N) is 3. The zero-order valence-electron chi connectivity index (χ0n) is 22.5. The van der Waals surface area contributed by atoms with Crippen molar-refractivity contribution in [2.24, 2.45) is 17.2 Å². The number of amides is 5. The monoisotopic (exact) mass is 583 g/mol. The van der Waals surface area contributed by atoms with Crippen LogP contribution in [0.4, 0.5) is 0 Å². The van der Waals surface area contributed by atoms with Crippen LogP contribution in [-0.4, -0.2) is 79.7 Å². The molecule has 224 valence electrons. The maximum atomic E-state index is 13.4. The largest absolute Gasteiger partial charge is 0.480 e. The normalized spacial score (nSPS) is 13.8. The lowest BCUT2D eigenvalue weighted by Gasteiger charge is -2.25. The molecule has 0 fully saturated rings. The molecule has 4 unspecified atom stereocenters. The predicted octanol–water partition coefficient (Wildman–Crippen LogP) is -2.32. The van der Waals surface area contributed by atoms with Crippen LogP contribution in [0, 0.1) is 0 Å². The third-order valence-corrected chi connectivity index (χ3v) is 6.40. The first kappa shape index (κ1) is 31.3. The molecule has 0 bridgehead atoms. The van der Waals surface area contributed by atoms with Crippen LogP contribution < -0.4 is 33.2 Å². The summed E-state index contributed by atoms with van der Waals surface area (Å²) in [5.41, 5.74) is 18.6. The van der Waals surface area contributed by atoms with Gasteiger partial charge in [-0.2, -0.15) is 0 Å². The number of hydrogen-bond donors (Lipinski definition) is 9. The summed E-state index contributed by atoms with van der Waals surface area (Å²) in [6.45, 7) is 0. The number of aromatic amines is 2. The van der Waals surface area contributed by atoms with Crippen molar-refractivity contribution in [3.63, 3.8) is 0 Å². The Labute approximate surface area is 239 Å².